The second-order valence-electron chi connectivity index (χ2n) is 5.79. The Labute approximate surface area is 169 Å². The highest BCUT2D eigenvalue weighted by Crippen LogP contribution is 2.29. The van der Waals surface area contributed by atoms with E-state index in [1.165, 1.54) is 0 Å². The predicted molar refractivity (Wildman–Crippen MR) is 113 cm³/mol. The molecule has 2 aromatic carbocycles. The van der Waals surface area contributed by atoms with Crippen LogP contribution in [0.1, 0.15) is 10.4 Å². The molecule has 0 saturated carbocycles. The minimum atomic E-state index is -0.146. The van der Waals surface area contributed by atoms with Crippen LogP contribution in [-0.4, -0.2) is 15.9 Å². The fourth-order valence-corrected chi connectivity index (χ4v) is 3.64. The zero-order valence-electron chi connectivity index (χ0n) is 14.1. The fourth-order valence-electron chi connectivity index (χ4n) is 2.57. The number of hydrogen-bond donors (Lipinski definition) is 1. The van der Waals surface area contributed by atoms with Gasteiger partial charge < -0.3 is 5.32 Å². The Morgan fingerprint density at radius 2 is 1.81 bits per heavy atom. The molecule has 0 aliphatic carbocycles. The van der Waals surface area contributed by atoms with Gasteiger partial charge in [-0.25, -0.2) is 4.98 Å². The molecule has 0 aliphatic heterocycles. The van der Waals surface area contributed by atoms with Crippen LogP contribution in [0.25, 0.3) is 22.0 Å². The summed E-state index contributed by atoms with van der Waals surface area (Å²) in [6.07, 6.45) is 1.76. The topological polar surface area (TPSA) is 54.9 Å². The second-order valence-corrected chi connectivity index (χ2v) is 7.57. The summed E-state index contributed by atoms with van der Waals surface area (Å²) in [6.45, 7) is 0. The van der Waals surface area contributed by atoms with Crippen LogP contribution in [0.2, 0.25) is 0 Å². The van der Waals surface area contributed by atoms with E-state index >= 15 is 0 Å². The van der Waals surface area contributed by atoms with Crippen molar-refractivity contribution in [3.63, 3.8) is 0 Å². The van der Waals surface area contributed by atoms with Crippen molar-refractivity contribution in [2.24, 2.45) is 0 Å². The number of halogens is 1. The van der Waals surface area contributed by atoms with Crippen molar-refractivity contribution in [2.45, 2.75) is 0 Å². The first kappa shape index (κ1) is 17.6. The quantitative estimate of drug-likeness (QED) is 0.434. The molecule has 0 bridgehead atoms. The molecule has 0 saturated heterocycles. The van der Waals surface area contributed by atoms with Gasteiger partial charge in [-0.2, -0.15) is 0 Å². The molecule has 0 spiro atoms. The van der Waals surface area contributed by atoms with Crippen molar-refractivity contribution < 1.29 is 4.79 Å². The van der Waals surface area contributed by atoms with E-state index in [0.29, 0.717) is 5.56 Å². The summed E-state index contributed by atoms with van der Waals surface area (Å²) in [5, 5.41) is 5.81. The molecule has 2 aromatic heterocycles. The van der Waals surface area contributed by atoms with Crippen LogP contribution in [-0.2, 0) is 0 Å². The van der Waals surface area contributed by atoms with E-state index in [1.54, 1.807) is 29.7 Å². The van der Waals surface area contributed by atoms with Gasteiger partial charge in [0.2, 0.25) is 0 Å². The normalized spacial score (nSPS) is 10.6. The Kier molecular flexibility index (Phi) is 5.09. The maximum atomic E-state index is 12.4. The number of carbonyl (C=O) groups is 1. The number of aromatic nitrogens is 2. The molecule has 1 N–H and O–H groups in total. The van der Waals surface area contributed by atoms with E-state index in [2.05, 4.69) is 31.2 Å². The summed E-state index contributed by atoms with van der Waals surface area (Å²) >= 11 is 4.92. The van der Waals surface area contributed by atoms with Crippen LogP contribution in [0.3, 0.4) is 0 Å². The molecule has 27 heavy (non-hydrogen) atoms. The SMILES string of the molecule is O=C(Nc1cccc(-c2csc(-c3ccccn3)n2)c1)c1ccc(Br)cc1. The zero-order chi connectivity index (χ0) is 18.6. The van der Waals surface area contributed by atoms with Crippen molar-refractivity contribution in [1.29, 1.82) is 0 Å². The van der Waals surface area contributed by atoms with Crippen molar-refractivity contribution in [2.75, 3.05) is 5.32 Å². The maximum absolute atomic E-state index is 12.4. The molecular weight excluding hydrogens is 422 g/mol. The van der Waals surface area contributed by atoms with Crippen molar-refractivity contribution in [1.82, 2.24) is 9.97 Å². The van der Waals surface area contributed by atoms with Gasteiger partial charge in [0.15, 0.2) is 0 Å². The van der Waals surface area contributed by atoms with Gasteiger partial charge in [0, 0.05) is 32.9 Å². The Hall–Kier alpha value is -2.83. The van der Waals surface area contributed by atoms with Crippen LogP contribution >= 0.6 is 27.3 Å². The van der Waals surface area contributed by atoms with E-state index < -0.39 is 0 Å². The van der Waals surface area contributed by atoms with Gasteiger partial charge in [-0.05, 0) is 48.5 Å². The number of benzene rings is 2. The Bertz CT molecular complexity index is 1080. The number of nitrogens with one attached hydrogen (secondary N) is 1. The summed E-state index contributed by atoms with van der Waals surface area (Å²) in [5.41, 5.74) is 4.00. The molecule has 0 fully saturated rings. The number of thiazole rings is 1. The number of nitrogens with zero attached hydrogens (tertiary/aromatic N) is 2. The summed E-state index contributed by atoms with van der Waals surface area (Å²) in [6, 6.07) is 20.7. The van der Waals surface area contributed by atoms with E-state index in [-0.39, 0.29) is 5.91 Å². The summed E-state index contributed by atoms with van der Waals surface area (Å²) in [5.74, 6) is -0.146. The highest BCUT2D eigenvalue weighted by Gasteiger charge is 2.10. The third kappa shape index (κ3) is 4.13. The number of pyridine rings is 1. The van der Waals surface area contributed by atoms with Crippen molar-refractivity contribution >= 4 is 38.9 Å². The third-order valence-corrected chi connectivity index (χ3v) is 5.30. The van der Waals surface area contributed by atoms with Gasteiger partial charge in [-0.3, -0.25) is 9.78 Å². The minimum absolute atomic E-state index is 0.146. The highest BCUT2D eigenvalue weighted by atomic mass is 79.9. The molecule has 0 atom stereocenters. The monoisotopic (exact) mass is 435 g/mol. The van der Waals surface area contributed by atoms with Crippen LogP contribution in [0, 0.1) is 0 Å². The highest BCUT2D eigenvalue weighted by molar-refractivity contribution is 9.10. The Morgan fingerprint density at radius 1 is 0.963 bits per heavy atom. The lowest BCUT2D eigenvalue weighted by atomic mass is 10.1. The number of carbonyl (C=O) groups excluding carboxylic acids is 1. The summed E-state index contributed by atoms with van der Waals surface area (Å²) < 4.78 is 0.938. The van der Waals surface area contributed by atoms with Crippen molar-refractivity contribution in [3.8, 4) is 22.0 Å². The molecule has 0 aliphatic rings. The summed E-state index contributed by atoms with van der Waals surface area (Å²) in [4.78, 5) is 21.4. The first-order valence-corrected chi connectivity index (χ1v) is 9.90. The average Bonchev–Trinajstić information content (AvgIpc) is 3.20. The summed E-state index contributed by atoms with van der Waals surface area (Å²) in [7, 11) is 0. The molecular formula is C21H14BrN3OS. The van der Waals surface area contributed by atoms with Gasteiger partial charge in [0.05, 0.1) is 11.4 Å². The lowest BCUT2D eigenvalue weighted by Crippen LogP contribution is -2.11. The van der Waals surface area contributed by atoms with Gasteiger partial charge >= 0.3 is 0 Å². The molecule has 132 valence electrons. The Morgan fingerprint density at radius 3 is 2.59 bits per heavy atom. The molecule has 0 radical (unpaired) electrons. The number of hydrogen-bond acceptors (Lipinski definition) is 4. The van der Waals surface area contributed by atoms with Crippen LogP contribution in [0.15, 0.2) is 82.8 Å². The average molecular weight is 436 g/mol. The molecule has 0 unspecified atom stereocenters. The molecule has 4 aromatic rings. The van der Waals surface area contributed by atoms with Crippen LogP contribution in [0.5, 0.6) is 0 Å². The van der Waals surface area contributed by atoms with Gasteiger partial charge in [-0.1, -0.05) is 34.1 Å². The van der Waals surface area contributed by atoms with E-state index in [4.69, 9.17) is 0 Å². The largest absolute Gasteiger partial charge is 0.322 e. The molecule has 6 heteroatoms. The molecule has 1 amide bonds. The van der Waals surface area contributed by atoms with Crippen LogP contribution in [0.4, 0.5) is 5.69 Å². The zero-order valence-corrected chi connectivity index (χ0v) is 16.5. The lowest BCUT2D eigenvalue weighted by Gasteiger charge is -2.07. The standard InChI is InChI=1S/C21H14BrN3OS/c22-16-9-7-14(8-10-16)20(26)24-17-5-3-4-15(12-17)19-13-27-21(25-19)18-6-1-2-11-23-18/h1-13H,(H,24,26). The molecule has 4 rings (SSSR count). The second kappa shape index (κ2) is 7.82. The van der Waals surface area contributed by atoms with Gasteiger partial charge in [0.1, 0.15) is 5.01 Å². The first-order valence-electron chi connectivity index (χ1n) is 8.23. The third-order valence-electron chi connectivity index (χ3n) is 3.91. The van der Waals surface area contributed by atoms with Gasteiger partial charge in [0.25, 0.3) is 5.91 Å². The lowest BCUT2D eigenvalue weighted by molar-refractivity contribution is 0.102. The predicted octanol–water partition coefficient (Wildman–Crippen LogP) is 5.89. The number of anilines is 1. The molecule has 2 heterocycles. The van der Waals surface area contributed by atoms with Gasteiger partial charge in [-0.15, -0.1) is 11.3 Å². The number of amides is 1. The van der Waals surface area contributed by atoms with E-state index in [1.807, 2.05) is 60.0 Å². The maximum Gasteiger partial charge on any atom is 0.255 e. The minimum Gasteiger partial charge on any atom is -0.322 e. The molecule has 4 nitrogen and oxygen atoms in total. The van der Waals surface area contributed by atoms with Crippen molar-refractivity contribution in [3.05, 3.63) is 88.3 Å². The first-order chi connectivity index (χ1) is 13.2. The van der Waals surface area contributed by atoms with E-state index in [0.717, 1.165) is 32.1 Å². The Balaban J connectivity index is 1.55. The van der Waals surface area contributed by atoms with Crippen LogP contribution < -0.4 is 5.32 Å². The fraction of sp³-hybridized carbons (Fsp3) is 0. The smallest absolute Gasteiger partial charge is 0.255 e. The van der Waals surface area contributed by atoms with E-state index in [9.17, 15) is 4.79 Å². The number of rotatable bonds is 4.